The molecule has 1 N–H and O–H groups in total. The molecule has 27 heavy (non-hydrogen) atoms. The lowest BCUT2D eigenvalue weighted by molar-refractivity contribution is 0.102. The van der Waals surface area contributed by atoms with Crippen LogP contribution in [0.4, 0.5) is 10.8 Å². The summed E-state index contributed by atoms with van der Waals surface area (Å²) < 4.78 is 0. The van der Waals surface area contributed by atoms with Gasteiger partial charge in [-0.2, -0.15) is 0 Å². The average Bonchev–Trinajstić information content (AvgIpc) is 3.14. The van der Waals surface area contributed by atoms with Crippen molar-refractivity contribution < 1.29 is 4.79 Å². The number of nitrogens with one attached hydrogen (secondary N) is 1. The predicted octanol–water partition coefficient (Wildman–Crippen LogP) is 5.53. The largest absolute Gasteiger partial charge is 0.372 e. The third-order valence-electron chi connectivity index (χ3n) is 4.79. The third kappa shape index (κ3) is 4.37. The molecule has 0 spiro atoms. The Morgan fingerprint density at radius 2 is 1.74 bits per heavy atom. The summed E-state index contributed by atoms with van der Waals surface area (Å²) >= 11 is 1.44. The van der Waals surface area contributed by atoms with Gasteiger partial charge in [-0.3, -0.25) is 10.1 Å². The molecule has 0 saturated heterocycles. The highest BCUT2D eigenvalue weighted by Gasteiger charge is 2.11. The van der Waals surface area contributed by atoms with E-state index in [2.05, 4.69) is 61.1 Å². The summed E-state index contributed by atoms with van der Waals surface area (Å²) in [7, 11) is 0. The molecule has 0 saturated carbocycles. The smallest absolute Gasteiger partial charge is 0.257 e. The van der Waals surface area contributed by atoms with E-state index in [4.69, 9.17) is 0 Å². The van der Waals surface area contributed by atoms with Gasteiger partial charge in [0.2, 0.25) is 0 Å². The first kappa shape index (κ1) is 19.1. The maximum absolute atomic E-state index is 12.5. The van der Waals surface area contributed by atoms with Gasteiger partial charge in [0.1, 0.15) is 0 Å². The zero-order valence-electron chi connectivity index (χ0n) is 16.2. The fourth-order valence-electron chi connectivity index (χ4n) is 2.95. The Morgan fingerprint density at radius 1 is 1.04 bits per heavy atom. The minimum Gasteiger partial charge on any atom is -0.372 e. The van der Waals surface area contributed by atoms with Crippen molar-refractivity contribution in [2.45, 2.75) is 27.7 Å². The molecule has 5 heteroatoms. The van der Waals surface area contributed by atoms with Gasteiger partial charge in [-0.1, -0.05) is 12.1 Å². The minimum atomic E-state index is -0.137. The number of thiazole rings is 1. The molecule has 0 aliphatic carbocycles. The molecular formula is C22H25N3OS. The second-order valence-corrected chi connectivity index (χ2v) is 7.37. The molecule has 0 radical (unpaired) electrons. The number of nitrogens with zero attached hydrogens (tertiary/aromatic N) is 2. The monoisotopic (exact) mass is 379 g/mol. The van der Waals surface area contributed by atoms with E-state index >= 15 is 0 Å². The van der Waals surface area contributed by atoms with Gasteiger partial charge in [0.25, 0.3) is 5.91 Å². The Bertz CT molecular complexity index is 927. The predicted molar refractivity (Wildman–Crippen MR) is 115 cm³/mol. The van der Waals surface area contributed by atoms with Crippen LogP contribution in [0.5, 0.6) is 0 Å². The maximum atomic E-state index is 12.5. The number of anilines is 2. The molecule has 0 atom stereocenters. The van der Waals surface area contributed by atoms with Crippen LogP contribution in [-0.4, -0.2) is 24.0 Å². The Balaban J connectivity index is 1.71. The van der Waals surface area contributed by atoms with Gasteiger partial charge in [-0.25, -0.2) is 4.98 Å². The molecule has 4 nitrogen and oxygen atoms in total. The highest BCUT2D eigenvalue weighted by molar-refractivity contribution is 7.14. The number of hydrogen-bond acceptors (Lipinski definition) is 4. The van der Waals surface area contributed by atoms with E-state index < -0.39 is 0 Å². The van der Waals surface area contributed by atoms with Crippen molar-refractivity contribution in [3.05, 3.63) is 64.5 Å². The van der Waals surface area contributed by atoms with Crippen LogP contribution in [0, 0.1) is 13.8 Å². The summed E-state index contributed by atoms with van der Waals surface area (Å²) in [4.78, 5) is 19.3. The molecule has 3 rings (SSSR count). The number of carbonyl (C=O) groups excluding carboxylic acids is 1. The van der Waals surface area contributed by atoms with Crippen molar-refractivity contribution in [1.29, 1.82) is 0 Å². The van der Waals surface area contributed by atoms with E-state index in [9.17, 15) is 4.79 Å². The van der Waals surface area contributed by atoms with Gasteiger partial charge < -0.3 is 4.90 Å². The van der Waals surface area contributed by atoms with E-state index in [0.717, 1.165) is 30.0 Å². The molecule has 0 fully saturated rings. The molecule has 1 aromatic heterocycles. The van der Waals surface area contributed by atoms with Gasteiger partial charge in [0.15, 0.2) is 5.13 Å². The summed E-state index contributed by atoms with van der Waals surface area (Å²) in [6.07, 6.45) is 0. The van der Waals surface area contributed by atoms with Gasteiger partial charge in [-0.05, 0) is 69.2 Å². The van der Waals surface area contributed by atoms with Crippen molar-refractivity contribution in [3.63, 3.8) is 0 Å². The molecule has 0 aliphatic rings. The number of carbonyl (C=O) groups is 1. The number of amides is 1. The first-order valence-corrected chi connectivity index (χ1v) is 10.1. The van der Waals surface area contributed by atoms with Crippen molar-refractivity contribution in [2.75, 3.05) is 23.3 Å². The standard InChI is InChI=1S/C22H25N3OS/c1-5-25(6-2)19-11-9-17(10-12-19)21(26)24-22-23-20(14-27-22)18-8-7-15(3)16(4)13-18/h7-14H,5-6H2,1-4H3,(H,23,24,26). The summed E-state index contributed by atoms with van der Waals surface area (Å²) in [5.41, 5.74) is 6.21. The number of hydrogen-bond donors (Lipinski definition) is 1. The first-order chi connectivity index (χ1) is 13.0. The van der Waals surface area contributed by atoms with Crippen LogP contribution in [0.25, 0.3) is 11.3 Å². The van der Waals surface area contributed by atoms with Crippen LogP contribution < -0.4 is 10.2 Å². The molecule has 0 bridgehead atoms. The van der Waals surface area contributed by atoms with E-state index in [1.807, 2.05) is 29.6 Å². The third-order valence-corrected chi connectivity index (χ3v) is 5.54. The average molecular weight is 380 g/mol. The lowest BCUT2D eigenvalue weighted by atomic mass is 10.1. The molecule has 2 aromatic carbocycles. The normalized spacial score (nSPS) is 10.7. The second-order valence-electron chi connectivity index (χ2n) is 6.51. The quantitative estimate of drug-likeness (QED) is 0.613. The van der Waals surface area contributed by atoms with Gasteiger partial charge in [0.05, 0.1) is 5.69 Å². The molecule has 3 aromatic rings. The van der Waals surface area contributed by atoms with Crippen LogP contribution in [0.15, 0.2) is 47.8 Å². The lowest BCUT2D eigenvalue weighted by Crippen LogP contribution is -2.21. The van der Waals surface area contributed by atoms with E-state index in [0.29, 0.717) is 10.7 Å². The Morgan fingerprint density at radius 3 is 2.37 bits per heavy atom. The number of rotatable bonds is 6. The van der Waals surface area contributed by atoms with Gasteiger partial charge in [-0.15, -0.1) is 11.3 Å². The fourth-order valence-corrected chi connectivity index (χ4v) is 3.66. The number of benzene rings is 2. The van der Waals surface area contributed by atoms with Crippen molar-refractivity contribution in [2.24, 2.45) is 0 Å². The SMILES string of the molecule is CCN(CC)c1ccc(C(=O)Nc2nc(-c3ccc(C)c(C)c3)cs2)cc1. The maximum Gasteiger partial charge on any atom is 0.257 e. The summed E-state index contributed by atoms with van der Waals surface area (Å²) in [6, 6.07) is 14.0. The first-order valence-electron chi connectivity index (χ1n) is 9.21. The topological polar surface area (TPSA) is 45.2 Å². The van der Waals surface area contributed by atoms with Gasteiger partial charge in [0, 0.05) is 35.3 Å². The van der Waals surface area contributed by atoms with Crippen LogP contribution >= 0.6 is 11.3 Å². The Hall–Kier alpha value is -2.66. The van der Waals surface area contributed by atoms with E-state index in [1.54, 1.807) is 0 Å². The highest BCUT2D eigenvalue weighted by Crippen LogP contribution is 2.27. The highest BCUT2D eigenvalue weighted by atomic mass is 32.1. The molecule has 0 aliphatic heterocycles. The van der Waals surface area contributed by atoms with Crippen molar-refractivity contribution >= 4 is 28.1 Å². The molecular weight excluding hydrogens is 354 g/mol. The summed E-state index contributed by atoms with van der Waals surface area (Å²) in [6.45, 7) is 10.3. The summed E-state index contributed by atoms with van der Waals surface area (Å²) in [5, 5.41) is 5.49. The van der Waals surface area contributed by atoms with E-state index in [1.165, 1.54) is 22.5 Å². The van der Waals surface area contributed by atoms with Crippen LogP contribution in [0.3, 0.4) is 0 Å². The van der Waals surface area contributed by atoms with Crippen LogP contribution in [0.2, 0.25) is 0 Å². The zero-order valence-corrected chi connectivity index (χ0v) is 17.1. The van der Waals surface area contributed by atoms with Crippen molar-refractivity contribution in [3.8, 4) is 11.3 Å². The second kappa shape index (κ2) is 8.35. The number of aryl methyl sites for hydroxylation is 2. The van der Waals surface area contributed by atoms with Crippen LogP contribution in [0.1, 0.15) is 35.3 Å². The molecule has 0 unspecified atom stereocenters. The molecule has 140 valence electrons. The minimum absolute atomic E-state index is 0.137. The van der Waals surface area contributed by atoms with E-state index in [-0.39, 0.29) is 5.91 Å². The molecule has 1 amide bonds. The van der Waals surface area contributed by atoms with Crippen LogP contribution in [-0.2, 0) is 0 Å². The molecule has 1 heterocycles. The number of aromatic nitrogens is 1. The Kier molecular flexibility index (Phi) is 5.91. The van der Waals surface area contributed by atoms with Gasteiger partial charge >= 0.3 is 0 Å². The zero-order chi connectivity index (χ0) is 19.4. The fraction of sp³-hybridized carbons (Fsp3) is 0.273. The Labute approximate surface area is 164 Å². The lowest BCUT2D eigenvalue weighted by Gasteiger charge is -2.20. The van der Waals surface area contributed by atoms with Crippen molar-refractivity contribution in [1.82, 2.24) is 4.98 Å². The summed E-state index contributed by atoms with van der Waals surface area (Å²) in [5.74, 6) is -0.137.